The number of nitrogens with two attached hydrogens (primary N) is 1. The van der Waals surface area contributed by atoms with Crippen molar-refractivity contribution in [2.24, 2.45) is 5.73 Å². The van der Waals surface area contributed by atoms with Gasteiger partial charge in [-0.25, -0.2) is 0 Å². The fourth-order valence-electron chi connectivity index (χ4n) is 4.36. The summed E-state index contributed by atoms with van der Waals surface area (Å²) < 4.78 is 6.24. The first-order valence-corrected chi connectivity index (χ1v) is 10.6. The SMILES string of the molecule is NC1CCC(CCc2ccccc2)c2c1oc1ccc(-c3cccs3)cc21. The molecular formula is C24H23NOS. The molecule has 0 saturated carbocycles. The summed E-state index contributed by atoms with van der Waals surface area (Å²) in [6.07, 6.45) is 4.38. The van der Waals surface area contributed by atoms with Gasteiger partial charge in [0.05, 0.1) is 6.04 Å². The number of fused-ring (bicyclic) bond motifs is 3. The van der Waals surface area contributed by atoms with E-state index in [1.807, 2.05) is 0 Å². The normalized spacial score (nSPS) is 19.3. The zero-order valence-corrected chi connectivity index (χ0v) is 16.0. The van der Waals surface area contributed by atoms with Crippen molar-refractivity contribution >= 4 is 22.3 Å². The molecule has 2 nitrogen and oxygen atoms in total. The summed E-state index contributed by atoms with van der Waals surface area (Å²) in [7, 11) is 0. The molecule has 4 aromatic rings. The molecule has 0 bridgehead atoms. The first kappa shape index (κ1) is 16.8. The van der Waals surface area contributed by atoms with E-state index in [-0.39, 0.29) is 6.04 Å². The molecular weight excluding hydrogens is 350 g/mol. The second kappa shape index (κ2) is 6.99. The third-order valence-electron chi connectivity index (χ3n) is 5.76. The maximum absolute atomic E-state index is 6.42. The Kier molecular flexibility index (Phi) is 4.35. The average Bonchev–Trinajstić information content (AvgIpc) is 3.36. The van der Waals surface area contributed by atoms with Crippen LogP contribution in [0.4, 0.5) is 0 Å². The van der Waals surface area contributed by atoms with Crippen LogP contribution in [0.15, 0.2) is 70.5 Å². The second-order valence-electron chi connectivity index (χ2n) is 7.47. The van der Waals surface area contributed by atoms with Gasteiger partial charge in [-0.1, -0.05) is 36.4 Å². The van der Waals surface area contributed by atoms with Crippen LogP contribution < -0.4 is 5.73 Å². The van der Waals surface area contributed by atoms with Crippen molar-refractivity contribution in [2.75, 3.05) is 0 Å². The predicted octanol–water partition coefficient (Wildman–Crippen LogP) is 6.67. The van der Waals surface area contributed by atoms with Crippen molar-refractivity contribution in [3.05, 3.63) is 82.9 Å². The predicted molar refractivity (Wildman–Crippen MR) is 113 cm³/mol. The Morgan fingerprint density at radius 1 is 1.00 bits per heavy atom. The van der Waals surface area contributed by atoms with Gasteiger partial charge < -0.3 is 10.2 Å². The summed E-state index contributed by atoms with van der Waals surface area (Å²) in [5.41, 5.74) is 11.4. The molecule has 3 heteroatoms. The van der Waals surface area contributed by atoms with Gasteiger partial charge in [-0.3, -0.25) is 0 Å². The van der Waals surface area contributed by atoms with E-state index in [2.05, 4.69) is 66.0 Å². The number of furan rings is 1. The van der Waals surface area contributed by atoms with Gasteiger partial charge in [0, 0.05) is 15.8 Å². The van der Waals surface area contributed by atoms with Crippen molar-refractivity contribution in [3.8, 4) is 10.4 Å². The zero-order valence-electron chi connectivity index (χ0n) is 15.2. The maximum Gasteiger partial charge on any atom is 0.134 e. The van der Waals surface area contributed by atoms with E-state index in [0.717, 1.165) is 37.0 Å². The van der Waals surface area contributed by atoms with Crippen LogP contribution >= 0.6 is 11.3 Å². The summed E-state index contributed by atoms with van der Waals surface area (Å²) in [5, 5.41) is 3.38. The molecule has 2 N–H and O–H groups in total. The van der Waals surface area contributed by atoms with Gasteiger partial charge in [0.2, 0.25) is 0 Å². The molecule has 0 amide bonds. The Morgan fingerprint density at radius 3 is 2.70 bits per heavy atom. The summed E-state index contributed by atoms with van der Waals surface area (Å²) in [5.74, 6) is 1.53. The van der Waals surface area contributed by atoms with Crippen LogP contribution in [0.25, 0.3) is 21.4 Å². The Morgan fingerprint density at radius 2 is 1.89 bits per heavy atom. The highest BCUT2D eigenvalue weighted by Crippen LogP contribution is 2.45. The maximum atomic E-state index is 6.42. The molecule has 2 unspecified atom stereocenters. The molecule has 5 rings (SSSR count). The number of benzene rings is 2. The lowest BCUT2D eigenvalue weighted by Gasteiger charge is -2.26. The van der Waals surface area contributed by atoms with Crippen LogP contribution in [0.5, 0.6) is 0 Å². The largest absolute Gasteiger partial charge is 0.459 e. The van der Waals surface area contributed by atoms with Gasteiger partial charge in [0.25, 0.3) is 0 Å². The Labute approximate surface area is 163 Å². The second-order valence-corrected chi connectivity index (χ2v) is 8.42. The average molecular weight is 374 g/mol. The minimum Gasteiger partial charge on any atom is -0.459 e. The molecule has 27 heavy (non-hydrogen) atoms. The molecule has 136 valence electrons. The summed E-state index contributed by atoms with van der Waals surface area (Å²) >= 11 is 1.78. The molecule has 2 aromatic carbocycles. The molecule has 1 aliphatic carbocycles. The Hall–Kier alpha value is -2.36. The molecule has 2 atom stereocenters. The lowest BCUT2D eigenvalue weighted by Crippen LogP contribution is -2.19. The first-order chi connectivity index (χ1) is 13.3. The number of thiophene rings is 1. The first-order valence-electron chi connectivity index (χ1n) is 9.69. The van der Waals surface area contributed by atoms with Gasteiger partial charge in [-0.15, -0.1) is 11.3 Å². The van der Waals surface area contributed by atoms with Crippen LogP contribution in [-0.4, -0.2) is 0 Å². The number of aryl methyl sites for hydroxylation is 1. The van der Waals surface area contributed by atoms with Crippen LogP contribution in [0.2, 0.25) is 0 Å². The highest BCUT2D eigenvalue weighted by Gasteiger charge is 2.31. The van der Waals surface area contributed by atoms with Crippen molar-refractivity contribution < 1.29 is 4.42 Å². The molecule has 0 spiro atoms. The molecule has 0 aliphatic heterocycles. The van der Waals surface area contributed by atoms with E-state index in [4.69, 9.17) is 10.2 Å². The van der Waals surface area contributed by atoms with Crippen LogP contribution in [0.1, 0.15) is 48.1 Å². The molecule has 2 aromatic heterocycles. The minimum atomic E-state index is 0.0190. The summed E-state index contributed by atoms with van der Waals surface area (Å²) in [4.78, 5) is 1.30. The smallest absolute Gasteiger partial charge is 0.134 e. The van der Waals surface area contributed by atoms with Gasteiger partial charge in [-0.2, -0.15) is 0 Å². The standard InChI is InChI=1S/C24H23NOS/c25-20-12-10-17(9-8-16-5-2-1-3-6-16)23-19-15-18(22-7-4-14-27-22)11-13-21(19)26-24(20)23/h1-7,11,13-15,17,20H,8-10,12,25H2. The van der Waals surface area contributed by atoms with E-state index in [1.54, 1.807) is 11.3 Å². The van der Waals surface area contributed by atoms with E-state index in [1.165, 1.54) is 27.0 Å². The van der Waals surface area contributed by atoms with E-state index in [0.29, 0.717) is 5.92 Å². The van der Waals surface area contributed by atoms with Gasteiger partial charge in [-0.05, 0) is 72.4 Å². The summed E-state index contributed by atoms with van der Waals surface area (Å²) in [6.45, 7) is 0. The van der Waals surface area contributed by atoms with Crippen molar-refractivity contribution in [3.63, 3.8) is 0 Å². The van der Waals surface area contributed by atoms with E-state index in [9.17, 15) is 0 Å². The molecule has 0 radical (unpaired) electrons. The Balaban J connectivity index is 1.54. The lowest BCUT2D eigenvalue weighted by atomic mass is 9.80. The Bertz CT molecular complexity index is 1050. The van der Waals surface area contributed by atoms with Crippen molar-refractivity contribution in [2.45, 2.75) is 37.6 Å². The van der Waals surface area contributed by atoms with Crippen LogP contribution in [-0.2, 0) is 6.42 Å². The number of hydrogen-bond acceptors (Lipinski definition) is 3. The fraction of sp³-hybridized carbons (Fsp3) is 0.250. The molecule has 2 heterocycles. The number of hydrogen-bond donors (Lipinski definition) is 1. The highest BCUT2D eigenvalue weighted by molar-refractivity contribution is 7.13. The lowest BCUT2D eigenvalue weighted by molar-refractivity contribution is 0.400. The van der Waals surface area contributed by atoms with Gasteiger partial charge in [0.1, 0.15) is 11.3 Å². The molecule has 0 saturated heterocycles. The third kappa shape index (κ3) is 3.11. The topological polar surface area (TPSA) is 39.2 Å². The fourth-order valence-corrected chi connectivity index (χ4v) is 5.08. The van der Waals surface area contributed by atoms with E-state index >= 15 is 0 Å². The monoisotopic (exact) mass is 373 g/mol. The van der Waals surface area contributed by atoms with Crippen LogP contribution in [0.3, 0.4) is 0 Å². The van der Waals surface area contributed by atoms with E-state index < -0.39 is 0 Å². The zero-order chi connectivity index (χ0) is 18.2. The third-order valence-corrected chi connectivity index (χ3v) is 6.68. The van der Waals surface area contributed by atoms with Gasteiger partial charge >= 0.3 is 0 Å². The quantitative estimate of drug-likeness (QED) is 0.434. The molecule has 0 fully saturated rings. The highest BCUT2D eigenvalue weighted by atomic mass is 32.1. The minimum absolute atomic E-state index is 0.0190. The van der Waals surface area contributed by atoms with Gasteiger partial charge in [0.15, 0.2) is 0 Å². The molecule has 1 aliphatic rings. The van der Waals surface area contributed by atoms with Crippen LogP contribution in [0, 0.1) is 0 Å². The van der Waals surface area contributed by atoms with Crippen molar-refractivity contribution in [1.82, 2.24) is 0 Å². The number of rotatable bonds is 4. The summed E-state index contributed by atoms with van der Waals surface area (Å²) in [6, 6.07) is 21.6. The van der Waals surface area contributed by atoms with Crippen molar-refractivity contribution in [1.29, 1.82) is 0 Å².